The Morgan fingerprint density at radius 1 is 1.19 bits per heavy atom. The zero-order valence-corrected chi connectivity index (χ0v) is 14.0. The second-order valence-corrected chi connectivity index (χ2v) is 6.80. The summed E-state index contributed by atoms with van der Waals surface area (Å²) in [5.41, 5.74) is 6.84. The molecule has 0 saturated carbocycles. The molecule has 3 heteroatoms. The van der Waals surface area contributed by atoms with Gasteiger partial charge in [0.05, 0.1) is 5.84 Å². The van der Waals surface area contributed by atoms with Crippen LogP contribution in [0.15, 0.2) is 30.3 Å². The molecule has 1 aromatic carbocycles. The molecule has 0 fully saturated rings. The van der Waals surface area contributed by atoms with Crippen molar-refractivity contribution < 1.29 is 0 Å². The van der Waals surface area contributed by atoms with Gasteiger partial charge in [0.15, 0.2) is 0 Å². The lowest BCUT2D eigenvalue weighted by Gasteiger charge is -2.28. The van der Waals surface area contributed by atoms with Crippen molar-refractivity contribution in [1.29, 1.82) is 5.41 Å². The van der Waals surface area contributed by atoms with Crippen LogP contribution >= 0.6 is 0 Å². The average molecular weight is 289 g/mol. The predicted octanol–water partition coefficient (Wildman–Crippen LogP) is 4.03. The van der Waals surface area contributed by atoms with Crippen molar-refractivity contribution >= 4 is 5.84 Å². The molecule has 0 aliphatic heterocycles. The van der Waals surface area contributed by atoms with Crippen LogP contribution in [0.25, 0.3) is 0 Å². The molecule has 21 heavy (non-hydrogen) atoms. The van der Waals surface area contributed by atoms with Crippen LogP contribution in [0, 0.1) is 10.8 Å². The zero-order chi connectivity index (χ0) is 15.9. The molecule has 1 aromatic rings. The van der Waals surface area contributed by atoms with E-state index in [1.54, 1.807) is 0 Å². The highest BCUT2D eigenvalue weighted by Crippen LogP contribution is 2.23. The van der Waals surface area contributed by atoms with Gasteiger partial charge in [-0.2, -0.15) is 0 Å². The zero-order valence-electron chi connectivity index (χ0n) is 14.0. The minimum absolute atomic E-state index is 0.165. The number of hydrogen-bond acceptors (Lipinski definition) is 2. The van der Waals surface area contributed by atoms with Crippen LogP contribution in [-0.2, 0) is 6.54 Å². The lowest BCUT2D eigenvalue weighted by molar-refractivity contribution is 0.206. The third-order valence-corrected chi connectivity index (χ3v) is 4.19. The molecular formula is C18H31N3. The standard InChI is InChI=1S/C18H31N3/c1-15(2)21(14-16-10-6-5-7-11-16)13-9-8-12-18(3,4)17(19)20/h5-7,10-11,15H,8-9,12-14H2,1-4H3,(H3,19,20). The first-order valence-corrected chi connectivity index (χ1v) is 7.95. The summed E-state index contributed by atoms with van der Waals surface area (Å²) in [5, 5.41) is 7.60. The third-order valence-electron chi connectivity index (χ3n) is 4.19. The van der Waals surface area contributed by atoms with Gasteiger partial charge in [-0.25, -0.2) is 0 Å². The molecule has 0 aliphatic rings. The van der Waals surface area contributed by atoms with Crippen molar-refractivity contribution in [1.82, 2.24) is 4.90 Å². The quantitative estimate of drug-likeness (QED) is 0.410. The molecule has 0 bridgehead atoms. The molecule has 0 atom stereocenters. The van der Waals surface area contributed by atoms with Gasteiger partial charge in [0, 0.05) is 18.0 Å². The minimum atomic E-state index is -0.165. The number of nitrogens with one attached hydrogen (secondary N) is 1. The fourth-order valence-corrected chi connectivity index (χ4v) is 2.35. The molecule has 0 spiro atoms. The molecule has 0 amide bonds. The fourth-order valence-electron chi connectivity index (χ4n) is 2.35. The van der Waals surface area contributed by atoms with Gasteiger partial charge < -0.3 is 5.73 Å². The van der Waals surface area contributed by atoms with Crippen LogP contribution in [0.5, 0.6) is 0 Å². The molecule has 0 heterocycles. The van der Waals surface area contributed by atoms with Gasteiger partial charge in [0.1, 0.15) is 0 Å². The van der Waals surface area contributed by atoms with E-state index in [0.29, 0.717) is 11.9 Å². The summed E-state index contributed by atoms with van der Waals surface area (Å²) >= 11 is 0. The Kier molecular flexibility index (Phi) is 6.90. The molecule has 3 nitrogen and oxygen atoms in total. The van der Waals surface area contributed by atoms with Gasteiger partial charge in [0.2, 0.25) is 0 Å². The van der Waals surface area contributed by atoms with Crippen molar-refractivity contribution in [3.8, 4) is 0 Å². The molecule has 0 aliphatic carbocycles. The normalized spacial score (nSPS) is 12.1. The van der Waals surface area contributed by atoms with Gasteiger partial charge in [-0.15, -0.1) is 0 Å². The average Bonchev–Trinajstić information content (AvgIpc) is 2.42. The van der Waals surface area contributed by atoms with E-state index in [9.17, 15) is 0 Å². The van der Waals surface area contributed by atoms with Crippen molar-refractivity contribution in [3.63, 3.8) is 0 Å². The van der Waals surface area contributed by atoms with Crippen molar-refractivity contribution in [2.75, 3.05) is 6.54 Å². The topological polar surface area (TPSA) is 53.1 Å². The second kappa shape index (κ2) is 8.18. The lowest BCUT2D eigenvalue weighted by Crippen LogP contribution is -2.32. The molecule has 0 aromatic heterocycles. The highest BCUT2D eigenvalue weighted by molar-refractivity contribution is 5.82. The smallest absolute Gasteiger partial charge is 0.0963 e. The Bertz CT molecular complexity index is 423. The van der Waals surface area contributed by atoms with Crippen LogP contribution < -0.4 is 5.73 Å². The number of amidine groups is 1. The van der Waals surface area contributed by atoms with E-state index in [1.165, 1.54) is 5.56 Å². The maximum absolute atomic E-state index is 7.60. The maximum atomic E-state index is 7.60. The summed E-state index contributed by atoms with van der Waals surface area (Å²) in [6.45, 7) is 10.7. The fraction of sp³-hybridized carbons (Fsp3) is 0.611. The number of nitrogens with two attached hydrogens (primary N) is 1. The van der Waals surface area contributed by atoms with Crippen molar-refractivity contribution in [3.05, 3.63) is 35.9 Å². The van der Waals surface area contributed by atoms with E-state index in [-0.39, 0.29) is 5.41 Å². The Morgan fingerprint density at radius 2 is 1.81 bits per heavy atom. The second-order valence-electron chi connectivity index (χ2n) is 6.80. The number of unbranched alkanes of at least 4 members (excludes halogenated alkanes) is 1. The minimum Gasteiger partial charge on any atom is -0.387 e. The Hall–Kier alpha value is -1.35. The lowest BCUT2D eigenvalue weighted by atomic mass is 9.86. The molecule has 0 unspecified atom stereocenters. The summed E-state index contributed by atoms with van der Waals surface area (Å²) in [4.78, 5) is 2.51. The van der Waals surface area contributed by atoms with Crippen LogP contribution in [0.4, 0.5) is 0 Å². The maximum Gasteiger partial charge on any atom is 0.0963 e. The first kappa shape index (κ1) is 17.7. The van der Waals surface area contributed by atoms with E-state index in [2.05, 4.69) is 62.9 Å². The van der Waals surface area contributed by atoms with E-state index < -0.39 is 0 Å². The Labute approximate surface area is 130 Å². The van der Waals surface area contributed by atoms with Crippen LogP contribution in [-0.4, -0.2) is 23.3 Å². The van der Waals surface area contributed by atoms with E-state index in [1.807, 2.05) is 0 Å². The first-order valence-electron chi connectivity index (χ1n) is 7.95. The molecule has 0 saturated heterocycles. The molecule has 3 N–H and O–H groups in total. The number of nitrogens with zero attached hydrogens (tertiary/aromatic N) is 1. The molecule has 118 valence electrons. The van der Waals surface area contributed by atoms with Crippen molar-refractivity contribution in [2.24, 2.45) is 11.1 Å². The highest BCUT2D eigenvalue weighted by Gasteiger charge is 2.21. The number of hydrogen-bond donors (Lipinski definition) is 2. The van der Waals surface area contributed by atoms with Gasteiger partial charge in [-0.1, -0.05) is 50.6 Å². The summed E-state index contributed by atoms with van der Waals surface area (Å²) < 4.78 is 0. The van der Waals surface area contributed by atoms with E-state index >= 15 is 0 Å². The Morgan fingerprint density at radius 3 is 2.33 bits per heavy atom. The van der Waals surface area contributed by atoms with Gasteiger partial charge in [-0.05, 0) is 38.8 Å². The largest absolute Gasteiger partial charge is 0.387 e. The highest BCUT2D eigenvalue weighted by atomic mass is 15.1. The van der Waals surface area contributed by atoms with Gasteiger partial charge in [-0.3, -0.25) is 10.3 Å². The molecule has 1 rings (SSSR count). The summed E-state index contributed by atoms with van der Waals surface area (Å²) in [6.07, 6.45) is 3.26. The summed E-state index contributed by atoms with van der Waals surface area (Å²) in [6, 6.07) is 11.2. The summed E-state index contributed by atoms with van der Waals surface area (Å²) in [7, 11) is 0. The Balaban J connectivity index is 2.41. The predicted molar refractivity (Wildman–Crippen MR) is 91.5 cm³/mol. The monoisotopic (exact) mass is 289 g/mol. The van der Waals surface area contributed by atoms with E-state index in [4.69, 9.17) is 11.1 Å². The van der Waals surface area contributed by atoms with Gasteiger partial charge in [0.25, 0.3) is 0 Å². The number of rotatable bonds is 9. The van der Waals surface area contributed by atoms with Crippen LogP contribution in [0.3, 0.4) is 0 Å². The van der Waals surface area contributed by atoms with E-state index in [0.717, 1.165) is 32.4 Å². The molecular weight excluding hydrogens is 258 g/mol. The van der Waals surface area contributed by atoms with Gasteiger partial charge >= 0.3 is 0 Å². The third kappa shape index (κ3) is 6.30. The SMILES string of the molecule is CC(C)N(CCCCC(C)(C)C(=N)N)Cc1ccccc1. The van der Waals surface area contributed by atoms with Crippen LogP contribution in [0.1, 0.15) is 52.5 Å². The van der Waals surface area contributed by atoms with Crippen LogP contribution in [0.2, 0.25) is 0 Å². The summed E-state index contributed by atoms with van der Waals surface area (Å²) in [5.74, 6) is 0.299. The molecule has 0 radical (unpaired) electrons. The number of benzene rings is 1. The van der Waals surface area contributed by atoms with Crippen molar-refractivity contribution in [2.45, 2.75) is 59.5 Å². The first-order chi connectivity index (χ1) is 9.83.